The fourth-order valence-electron chi connectivity index (χ4n) is 3.93. The summed E-state index contributed by atoms with van der Waals surface area (Å²) in [5, 5.41) is 9.29. The lowest BCUT2D eigenvalue weighted by atomic mass is 9.95. The van der Waals surface area contributed by atoms with Crippen molar-refractivity contribution in [3.63, 3.8) is 0 Å². The van der Waals surface area contributed by atoms with Crippen molar-refractivity contribution in [2.75, 3.05) is 13.2 Å². The molecule has 0 unspecified atom stereocenters. The zero-order valence-corrected chi connectivity index (χ0v) is 18.2. The predicted octanol–water partition coefficient (Wildman–Crippen LogP) is 6.96. The average molecular weight is 454 g/mol. The van der Waals surface area contributed by atoms with Gasteiger partial charge in [0.1, 0.15) is 5.82 Å². The molecule has 0 saturated carbocycles. The Morgan fingerprint density at radius 1 is 0.879 bits per heavy atom. The third-order valence-electron chi connectivity index (χ3n) is 5.80. The largest absolute Gasteiger partial charge is 0.505 e. The molecule has 1 saturated heterocycles. The maximum absolute atomic E-state index is 14.9. The summed E-state index contributed by atoms with van der Waals surface area (Å²) < 4.78 is 54.2. The number of hydrogen-bond acceptors (Lipinski definition) is 3. The molecule has 0 bridgehead atoms. The molecule has 0 atom stereocenters. The normalized spacial score (nSPS) is 18.7. The number of ether oxygens (including phenoxy) is 2. The molecule has 0 aliphatic carbocycles. The van der Waals surface area contributed by atoms with Crippen LogP contribution in [0.5, 0.6) is 5.75 Å². The maximum atomic E-state index is 14.9. The molecule has 1 aliphatic rings. The minimum Gasteiger partial charge on any atom is -0.505 e. The van der Waals surface area contributed by atoms with Gasteiger partial charge in [-0.15, -0.1) is 0 Å². The molecular weight excluding hydrogens is 429 g/mol. The van der Waals surface area contributed by atoms with Crippen LogP contribution in [0.3, 0.4) is 0 Å². The molecule has 1 aliphatic heterocycles. The van der Waals surface area contributed by atoms with E-state index in [4.69, 9.17) is 9.47 Å². The second kappa shape index (κ2) is 10.2. The van der Waals surface area contributed by atoms with E-state index in [1.807, 2.05) is 19.1 Å². The lowest BCUT2D eigenvalue weighted by Gasteiger charge is -2.29. The van der Waals surface area contributed by atoms with Crippen molar-refractivity contribution in [2.24, 2.45) is 0 Å². The van der Waals surface area contributed by atoms with Crippen LogP contribution in [0.2, 0.25) is 0 Å². The van der Waals surface area contributed by atoms with E-state index in [1.165, 1.54) is 12.1 Å². The van der Waals surface area contributed by atoms with E-state index >= 15 is 0 Å². The Hall–Kier alpha value is -3.09. The molecule has 3 nitrogen and oxygen atoms in total. The molecule has 3 aromatic rings. The van der Waals surface area contributed by atoms with Gasteiger partial charge in [0.25, 0.3) is 0 Å². The summed E-state index contributed by atoms with van der Waals surface area (Å²) in [6.07, 6.45) is 5.44. The third-order valence-corrected chi connectivity index (χ3v) is 5.80. The van der Waals surface area contributed by atoms with Gasteiger partial charge < -0.3 is 14.6 Å². The molecule has 3 aromatic carbocycles. The number of benzene rings is 3. The van der Waals surface area contributed by atoms with Crippen LogP contribution in [0.15, 0.2) is 66.7 Å². The van der Waals surface area contributed by atoms with E-state index in [9.17, 15) is 18.3 Å². The van der Waals surface area contributed by atoms with Gasteiger partial charge in [0.15, 0.2) is 17.9 Å². The van der Waals surface area contributed by atoms with Gasteiger partial charge in [-0.25, -0.2) is 8.78 Å². The SMILES string of the molecule is C/C=C/CCC1OCC(c2ccc(-c3ccc(-c4ccc(O)c(F)c4F)cc3)cc2F)CO1. The number of phenols is 1. The van der Waals surface area contributed by atoms with Crippen molar-refractivity contribution < 1.29 is 27.8 Å². The summed E-state index contributed by atoms with van der Waals surface area (Å²) in [5.74, 6) is -3.64. The van der Waals surface area contributed by atoms with Crippen LogP contribution in [0, 0.1) is 17.5 Å². The molecule has 4 rings (SSSR count). The highest BCUT2D eigenvalue weighted by Crippen LogP contribution is 2.32. The molecule has 1 heterocycles. The van der Waals surface area contributed by atoms with Crippen LogP contribution in [0.4, 0.5) is 13.2 Å². The molecule has 0 radical (unpaired) electrons. The minimum atomic E-state index is -1.28. The summed E-state index contributed by atoms with van der Waals surface area (Å²) in [6, 6.07) is 14.2. The van der Waals surface area contributed by atoms with E-state index in [1.54, 1.807) is 30.3 Å². The van der Waals surface area contributed by atoms with Crippen molar-refractivity contribution >= 4 is 0 Å². The highest BCUT2D eigenvalue weighted by molar-refractivity contribution is 5.71. The third kappa shape index (κ3) is 5.13. The molecule has 6 heteroatoms. The zero-order chi connectivity index (χ0) is 23.4. The number of aromatic hydroxyl groups is 1. The smallest absolute Gasteiger partial charge is 0.200 e. The van der Waals surface area contributed by atoms with Gasteiger partial charge in [-0.1, -0.05) is 48.6 Å². The van der Waals surface area contributed by atoms with Crippen LogP contribution in [0.1, 0.15) is 31.2 Å². The highest BCUT2D eigenvalue weighted by Gasteiger charge is 2.25. The van der Waals surface area contributed by atoms with Crippen molar-refractivity contribution in [3.05, 3.63) is 89.8 Å². The Bertz CT molecular complexity index is 1130. The molecule has 0 spiro atoms. The van der Waals surface area contributed by atoms with Crippen LogP contribution < -0.4 is 0 Å². The van der Waals surface area contributed by atoms with Crippen molar-refractivity contribution in [3.8, 4) is 28.0 Å². The van der Waals surface area contributed by atoms with Gasteiger partial charge in [0.2, 0.25) is 5.82 Å². The summed E-state index contributed by atoms with van der Waals surface area (Å²) in [7, 11) is 0. The van der Waals surface area contributed by atoms with E-state index in [0.29, 0.717) is 29.9 Å². The van der Waals surface area contributed by atoms with Gasteiger partial charge in [0, 0.05) is 17.9 Å². The first kappa shape index (κ1) is 23.1. The molecule has 1 fully saturated rings. The Morgan fingerprint density at radius 2 is 1.55 bits per heavy atom. The van der Waals surface area contributed by atoms with Gasteiger partial charge in [0.05, 0.1) is 13.2 Å². The van der Waals surface area contributed by atoms with Crippen LogP contribution in [0.25, 0.3) is 22.3 Å². The highest BCUT2D eigenvalue weighted by atomic mass is 19.2. The molecule has 33 heavy (non-hydrogen) atoms. The first-order valence-electron chi connectivity index (χ1n) is 10.9. The van der Waals surface area contributed by atoms with E-state index < -0.39 is 17.4 Å². The summed E-state index contributed by atoms with van der Waals surface area (Å²) in [6.45, 7) is 2.77. The number of halogens is 3. The minimum absolute atomic E-state index is 0.0414. The number of allylic oxidation sites excluding steroid dienone is 2. The van der Waals surface area contributed by atoms with E-state index in [2.05, 4.69) is 6.08 Å². The van der Waals surface area contributed by atoms with Crippen molar-refractivity contribution in [1.82, 2.24) is 0 Å². The van der Waals surface area contributed by atoms with Crippen LogP contribution in [-0.4, -0.2) is 24.6 Å². The maximum Gasteiger partial charge on any atom is 0.200 e. The Morgan fingerprint density at radius 3 is 2.21 bits per heavy atom. The Balaban J connectivity index is 1.46. The van der Waals surface area contributed by atoms with Gasteiger partial charge >= 0.3 is 0 Å². The van der Waals surface area contributed by atoms with Crippen LogP contribution >= 0.6 is 0 Å². The number of rotatable bonds is 6. The molecule has 0 aromatic heterocycles. The topological polar surface area (TPSA) is 38.7 Å². The lowest BCUT2D eigenvalue weighted by molar-refractivity contribution is -0.189. The van der Waals surface area contributed by atoms with E-state index in [-0.39, 0.29) is 23.6 Å². The summed E-state index contributed by atoms with van der Waals surface area (Å²) >= 11 is 0. The van der Waals surface area contributed by atoms with Gasteiger partial charge in [-0.3, -0.25) is 0 Å². The van der Waals surface area contributed by atoms with Crippen LogP contribution in [-0.2, 0) is 9.47 Å². The predicted molar refractivity (Wildman–Crippen MR) is 121 cm³/mol. The second-order valence-electron chi connectivity index (χ2n) is 8.01. The Kier molecular flexibility index (Phi) is 7.16. The fraction of sp³-hybridized carbons (Fsp3) is 0.259. The second-order valence-corrected chi connectivity index (χ2v) is 8.01. The average Bonchev–Trinajstić information content (AvgIpc) is 2.83. The monoisotopic (exact) mass is 454 g/mol. The van der Waals surface area contributed by atoms with Gasteiger partial charge in [-0.05, 0) is 53.8 Å². The van der Waals surface area contributed by atoms with Gasteiger partial charge in [-0.2, -0.15) is 4.39 Å². The molecule has 0 amide bonds. The summed E-state index contributed by atoms with van der Waals surface area (Å²) in [4.78, 5) is 0. The molecular formula is C27H25F3O3. The standard InChI is InChI=1S/C27H25F3O3/c1-2-3-4-5-25-32-15-20(16-33-25)21-11-10-19(14-23(21)28)17-6-8-18(9-7-17)22-12-13-24(31)27(30)26(22)29/h2-3,6-14,20,25,31H,4-5,15-16H2,1H3/b3-2+. The van der Waals surface area contributed by atoms with Crippen molar-refractivity contribution in [1.29, 1.82) is 0 Å². The van der Waals surface area contributed by atoms with E-state index in [0.717, 1.165) is 24.5 Å². The van der Waals surface area contributed by atoms with Crippen molar-refractivity contribution in [2.45, 2.75) is 32.0 Å². The fourth-order valence-corrected chi connectivity index (χ4v) is 3.93. The summed E-state index contributed by atoms with van der Waals surface area (Å²) in [5.41, 5.74) is 2.45. The first-order chi connectivity index (χ1) is 16.0. The number of hydrogen-bond donors (Lipinski definition) is 1. The Labute approximate surface area is 191 Å². The molecule has 172 valence electrons. The quantitative estimate of drug-likeness (QED) is 0.410. The first-order valence-corrected chi connectivity index (χ1v) is 10.9. The molecule has 1 N–H and O–H groups in total. The number of phenolic OH excluding ortho intramolecular Hbond substituents is 1. The lowest BCUT2D eigenvalue weighted by Crippen LogP contribution is -2.31. The zero-order valence-electron chi connectivity index (χ0n) is 18.2.